The third kappa shape index (κ3) is 7.69. The van der Waals surface area contributed by atoms with Gasteiger partial charge in [-0.25, -0.2) is 5.43 Å². The lowest BCUT2D eigenvalue weighted by Gasteiger charge is -2.10. The molecule has 0 spiro atoms. The first-order valence-electron chi connectivity index (χ1n) is 11.3. The van der Waals surface area contributed by atoms with E-state index in [1.807, 2.05) is 39.0 Å². The Kier molecular flexibility index (Phi) is 9.16. The second-order valence-corrected chi connectivity index (χ2v) is 7.81. The van der Waals surface area contributed by atoms with Crippen LogP contribution in [0.1, 0.15) is 23.6 Å². The van der Waals surface area contributed by atoms with Crippen molar-refractivity contribution in [3.8, 4) is 11.5 Å². The highest BCUT2D eigenvalue weighted by atomic mass is 16.5. The number of benzene rings is 3. The van der Waals surface area contributed by atoms with Crippen LogP contribution in [0.3, 0.4) is 0 Å². The van der Waals surface area contributed by atoms with E-state index in [0.717, 1.165) is 16.8 Å². The Morgan fingerprint density at radius 2 is 1.61 bits per heavy atom. The van der Waals surface area contributed by atoms with Crippen LogP contribution in [0.5, 0.6) is 11.5 Å². The normalized spacial score (nSPS) is 10.5. The summed E-state index contributed by atoms with van der Waals surface area (Å²) in [5.41, 5.74) is 6.01. The lowest BCUT2D eigenvalue weighted by Crippen LogP contribution is -2.32. The van der Waals surface area contributed by atoms with Crippen LogP contribution in [-0.4, -0.2) is 37.1 Å². The van der Waals surface area contributed by atoms with Crippen molar-refractivity contribution < 1.29 is 23.9 Å². The zero-order chi connectivity index (χ0) is 25.9. The number of aryl methyl sites for hydroxylation is 2. The van der Waals surface area contributed by atoms with Crippen molar-refractivity contribution in [3.63, 3.8) is 0 Å². The van der Waals surface area contributed by atoms with Crippen LogP contribution in [-0.2, 0) is 14.4 Å². The van der Waals surface area contributed by atoms with Crippen LogP contribution < -0.4 is 25.5 Å². The Balaban J connectivity index is 1.46. The minimum absolute atomic E-state index is 0.140. The molecule has 36 heavy (non-hydrogen) atoms. The van der Waals surface area contributed by atoms with Gasteiger partial charge in [-0.15, -0.1) is 0 Å². The lowest BCUT2D eigenvalue weighted by atomic mass is 10.1. The Bertz CT molecular complexity index is 1260. The molecule has 0 aromatic heterocycles. The van der Waals surface area contributed by atoms with Crippen molar-refractivity contribution in [2.75, 3.05) is 23.8 Å². The number of rotatable bonds is 9. The standard InChI is InChI=1S/C27H28N4O5/c1-4-35-24-8-6-5-7-22(24)30-26(33)27(34)31-28-16-20-11-13-21(14-12-20)36-17-25(32)29-23-15-18(2)9-10-19(23)3/h5-16H,4,17H2,1-3H3,(H,29,32)(H,30,33)(H,31,34)/b28-16-. The number of carbonyl (C=O) groups excluding carboxylic acids is 3. The highest BCUT2D eigenvalue weighted by Crippen LogP contribution is 2.23. The summed E-state index contributed by atoms with van der Waals surface area (Å²) in [7, 11) is 0. The number of ether oxygens (including phenoxy) is 2. The fourth-order valence-corrected chi connectivity index (χ4v) is 3.10. The Morgan fingerprint density at radius 1 is 0.861 bits per heavy atom. The summed E-state index contributed by atoms with van der Waals surface area (Å²) in [4.78, 5) is 36.4. The van der Waals surface area contributed by atoms with Gasteiger partial charge in [0.2, 0.25) is 0 Å². The number of para-hydroxylation sites is 2. The molecule has 3 aromatic carbocycles. The van der Waals surface area contributed by atoms with Gasteiger partial charge < -0.3 is 20.1 Å². The number of hydrogen-bond donors (Lipinski definition) is 3. The number of amides is 3. The molecule has 0 saturated heterocycles. The fourth-order valence-electron chi connectivity index (χ4n) is 3.10. The van der Waals surface area contributed by atoms with Crippen molar-refractivity contribution in [3.05, 3.63) is 83.4 Å². The molecule has 3 aromatic rings. The minimum Gasteiger partial charge on any atom is -0.492 e. The van der Waals surface area contributed by atoms with E-state index in [1.54, 1.807) is 48.5 Å². The van der Waals surface area contributed by atoms with Gasteiger partial charge in [-0.1, -0.05) is 24.3 Å². The Morgan fingerprint density at radius 3 is 2.36 bits per heavy atom. The molecule has 186 valence electrons. The highest BCUT2D eigenvalue weighted by Gasteiger charge is 2.15. The fraction of sp³-hybridized carbons (Fsp3) is 0.185. The molecule has 0 radical (unpaired) electrons. The first-order valence-corrected chi connectivity index (χ1v) is 11.3. The van der Waals surface area contributed by atoms with Crippen molar-refractivity contribution in [1.29, 1.82) is 0 Å². The zero-order valence-corrected chi connectivity index (χ0v) is 20.3. The molecule has 0 aliphatic carbocycles. The van der Waals surface area contributed by atoms with E-state index in [2.05, 4.69) is 21.2 Å². The van der Waals surface area contributed by atoms with Gasteiger partial charge in [0.05, 0.1) is 18.5 Å². The predicted molar refractivity (Wildman–Crippen MR) is 138 cm³/mol. The van der Waals surface area contributed by atoms with Crippen LogP contribution in [0, 0.1) is 13.8 Å². The van der Waals surface area contributed by atoms with Crippen LogP contribution in [0.4, 0.5) is 11.4 Å². The van der Waals surface area contributed by atoms with Gasteiger partial charge >= 0.3 is 11.8 Å². The number of hydrogen-bond acceptors (Lipinski definition) is 6. The topological polar surface area (TPSA) is 118 Å². The summed E-state index contributed by atoms with van der Waals surface area (Å²) >= 11 is 0. The van der Waals surface area contributed by atoms with E-state index in [9.17, 15) is 14.4 Å². The minimum atomic E-state index is -0.924. The second-order valence-electron chi connectivity index (χ2n) is 7.81. The van der Waals surface area contributed by atoms with Crippen LogP contribution in [0.25, 0.3) is 0 Å². The van der Waals surface area contributed by atoms with Gasteiger partial charge in [0.15, 0.2) is 6.61 Å². The molecule has 0 unspecified atom stereocenters. The maximum Gasteiger partial charge on any atom is 0.329 e. The van der Waals surface area contributed by atoms with Gasteiger partial charge in [-0.05, 0) is 79.9 Å². The van der Waals surface area contributed by atoms with Crippen molar-refractivity contribution in [2.45, 2.75) is 20.8 Å². The SMILES string of the molecule is CCOc1ccccc1NC(=O)C(=O)N/N=C\c1ccc(OCC(=O)Nc2cc(C)ccc2C)cc1. The van der Waals surface area contributed by atoms with Crippen LogP contribution in [0.15, 0.2) is 71.8 Å². The number of carbonyl (C=O) groups is 3. The summed E-state index contributed by atoms with van der Waals surface area (Å²) in [6, 6.07) is 19.4. The molecule has 9 nitrogen and oxygen atoms in total. The molecule has 3 N–H and O–H groups in total. The van der Waals surface area contributed by atoms with E-state index in [4.69, 9.17) is 9.47 Å². The molecule has 0 atom stereocenters. The third-order valence-electron chi connectivity index (χ3n) is 4.94. The molecule has 0 heterocycles. The number of hydrazone groups is 1. The van der Waals surface area contributed by atoms with Gasteiger partial charge in [0.25, 0.3) is 5.91 Å². The molecular weight excluding hydrogens is 460 g/mol. The highest BCUT2D eigenvalue weighted by molar-refractivity contribution is 6.39. The van der Waals surface area contributed by atoms with Crippen LogP contribution >= 0.6 is 0 Å². The second kappa shape index (κ2) is 12.7. The number of nitrogens with one attached hydrogen (secondary N) is 3. The van der Waals surface area contributed by atoms with Gasteiger partial charge in [-0.2, -0.15) is 5.10 Å². The predicted octanol–water partition coefficient (Wildman–Crippen LogP) is 3.81. The van der Waals surface area contributed by atoms with Crippen molar-refractivity contribution in [2.24, 2.45) is 5.10 Å². The quantitative estimate of drug-likeness (QED) is 0.241. The molecule has 0 aliphatic rings. The summed E-state index contributed by atoms with van der Waals surface area (Å²) in [6.07, 6.45) is 1.39. The molecule has 3 amide bonds. The smallest absolute Gasteiger partial charge is 0.329 e. The molecule has 0 aliphatic heterocycles. The van der Waals surface area contributed by atoms with Gasteiger partial charge in [-0.3, -0.25) is 14.4 Å². The Hall–Kier alpha value is -4.66. The first-order chi connectivity index (χ1) is 17.4. The van der Waals surface area contributed by atoms with E-state index in [0.29, 0.717) is 29.4 Å². The van der Waals surface area contributed by atoms with E-state index in [1.165, 1.54) is 6.21 Å². The maximum absolute atomic E-state index is 12.2. The molecule has 0 fully saturated rings. The summed E-state index contributed by atoms with van der Waals surface area (Å²) in [5, 5.41) is 9.14. The summed E-state index contributed by atoms with van der Waals surface area (Å²) in [5.74, 6) is -1.09. The number of nitrogens with zero attached hydrogens (tertiary/aromatic N) is 1. The molecule has 9 heteroatoms. The van der Waals surface area contributed by atoms with E-state index in [-0.39, 0.29) is 12.5 Å². The monoisotopic (exact) mass is 488 g/mol. The number of anilines is 2. The average molecular weight is 489 g/mol. The first kappa shape index (κ1) is 26.0. The Labute approximate surface area is 209 Å². The van der Waals surface area contributed by atoms with Gasteiger partial charge in [0.1, 0.15) is 11.5 Å². The maximum atomic E-state index is 12.2. The van der Waals surface area contributed by atoms with Gasteiger partial charge in [0, 0.05) is 5.69 Å². The van der Waals surface area contributed by atoms with E-state index < -0.39 is 11.8 Å². The molecule has 0 bridgehead atoms. The largest absolute Gasteiger partial charge is 0.492 e. The molecule has 0 saturated carbocycles. The van der Waals surface area contributed by atoms with Crippen molar-refractivity contribution in [1.82, 2.24) is 5.43 Å². The molecular formula is C27H28N4O5. The third-order valence-corrected chi connectivity index (χ3v) is 4.94. The summed E-state index contributed by atoms with van der Waals surface area (Å²) < 4.78 is 11.0. The zero-order valence-electron chi connectivity index (χ0n) is 20.3. The van der Waals surface area contributed by atoms with Crippen LogP contribution in [0.2, 0.25) is 0 Å². The summed E-state index contributed by atoms with van der Waals surface area (Å²) in [6.45, 7) is 5.99. The average Bonchev–Trinajstić information content (AvgIpc) is 2.87. The van der Waals surface area contributed by atoms with Crippen molar-refractivity contribution >= 4 is 35.3 Å². The van der Waals surface area contributed by atoms with E-state index >= 15 is 0 Å². The molecule has 3 rings (SSSR count). The lowest BCUT2D eigenvalue weighted by molar-refractivity contribution is -0.136.